The van der Waals surface area contributed by atoms with Crippen molar-refractivity contribution in [2.45, 2.75) is 59.0 Å². The molecule has 6 heteroatoms. The maximum atomic E-state index is 12.1. The topological polar surface area (TPSA) is 87.7 Å². The fourth-order valence-electron chi connectivity index (χ4n) is 2.67. The number of carboxylic acid groups (broad SMARTS) is 1. The quantitative estimate of drug-likeness (QED) is 0.671. The van der Waals surface area contributed by atoms with Gasteiger partial charge in [-0.25, -0.2) is 4.79 Å². The molecule has 6 nitrogen and oxygen atoms in total. The molecule has 0 spiro atoms. The number of carboxylic acids is 1. The van der Waals surface area contributed by atoms with E-state index in [0.717, 1.165) is 6.42 Å². The van der Waals surface area contributed by atoms with Gasteiger partial charge in [-0.15, -0.1) is 0 Å². The van der Waals surface area contributed by atoms with Gasteiger partial charge >= 0.3 is 12.0 Å². The first-order chi connectivity index (χ1) is 9.81. The summed E-state index contributed by atoms with van der Waals surface area (Å²) in [6, 6.07) is -0.717. The van der Waals surface area contributed by atoms with Crippen molar-refractivity contribution in [2.75, 3.05) is 13.2 Å². The van der Waals surface area contributed by atoms with Crippen LogP contribution in [0.2, 0.25) is 0 Å². The molecule has 1 aliphatic rings. The first kappa shape index (κ1) is 17.8. The average Bonchev–Trinajstić information content (AvgIpc) is 2.77. The summed E-state index contributed by atoms with van der Waals surface area (Å²) in [5.74, 6) is -0.600. The summed E-state index contributed by atoms with van der Waals surface area (Å²) >= 11 is 0. The first-order valence-corrected chi connectivity index (χ1v) is 7.69. The van der Waals surface area contributed by atoms with E-state index in [2.05, 4.69) is 10.6 Å². The van der Waals surface area contributed by atoms with E-state index < -0.39 is 11.4 Å². The number of amides is 2. The average molecular weight is 300 g/mol. The Hall–Kier alpha value is -1.30. The summed E-state index contributed by atoms with van der Waals surface area (Å²) in [6.07, 6.45) is 2.12. The Morgan fingerprint density at radius 2 is 2.10 bits per heavy atom. The van der Waals surface area contributed by atoms with Crippen molar-refractivity contribution in [2.24, 2.45) is 11.3 Å². The molecule has 0 aromatic carbocycles. The van der Waals surface area contributed by atoms with Crippen LogP contribution in [-0.2, 0) is 9.53 Å². The van der Waals surface area contributed by atoms with Gasteiger partial charge in [0.05, 0.1) is 18.1 Å². The number of rotatable bonds is 7. The van der Waals surface area contributed by atoms with Crippen LogP contribution in [0.3, 0.4) is 0 Å². The zero-order valence-corrected chi connectivity index (χ0v) is 13.4. The van der Waals surface area contributed by atoms with E-state index in [-0.39, 0.29) is 24.0 Å². The van der Waals surface area contributed by atoms with E-state index in [1.165, 1.54) is 0 Å². The smallest absolute Gasteiger partial charge is 0.315 e. The van der Waals surface area contributed by atoms with Crippen LogP contribution in [0.1, 0.15) is 47.0 Å². The van der Waals surface area contributed by atoms with Crippen molar-refractivity contribution in [3.63, 3.8) is 0 Å². The molecule has 0 radical (unpaired) electrons. The van der Waals surface area contributed by atoms with Crippen molar-refractivity contribution < 1.29 is 19.4 Å². The number of hydrogen-bond acceptors (Lipinski definition) is 3. The van der Waals surface area contributed by atoms with Crippen molar-refractivity contribution >= 4 is 12.0 Å². The number of aliphatic carboxylic acids is 1. The number of nitrogens with one attached hydrogen (secondary N) is 2. The Bertz CT molecular complexity index is 373. The van der Waals surface area contributed by atoms with E-state index in [0.29, 0.717) is 26.1 Å². The Kier molecular flexibility index (Phi) is 6.45. The van der Waals surface area contributed by atoms with Crippen LogP contribution in [0.5, 0.6) is 0 Å². The predicted octanol–water partition coefficient (Wildman–Crippen LogP) is 1.99. The third-order valence-corrected chi connectivity index (χ3v) is 4.37. The summed E-state index contributed by atoms with van der Waals surface area (Å²) in [6.45, 7) is 8.71. The van der Waals surface area contributed by atoms with Gasteiger partial charge in [-0.05, 0) is 32.6 Å². The lowest BCUT2D eigenvalue weighted by Crippen LogP contribution is -2.53. The van der Waals surface area contributed by atoms with Crippen molar-refractivity contribution in [3.05, 3.63) is 0 Å². The minimum absolute atomic E-state index is 0.0811. The zero-order valence-electron chi connectivity index (χ0n) is 13.4. The van der Waals surface area contributed by atoms with E-state index >= 15 is 0 Å². The van der Waals surface area contributed by atoms with Crippen LogP contribution in [0.25, 0.3) is 0 Å². The normalized spacial score (nSPS) is 26.6. The lowest BCUT2D eigenvalue weighted by atomic mass is 9.85. The molecule has 3 unspecified atom stereocenters. The number of ether oxygens (including phenoxy) is 1. The van der Waals surface area contributed by atoms with Crippen LogP contribution >= 0.6 is 0 Å². The fourth-order valence-corrected chi connectivity index (χ4v) is 2.67. The summed E-state index contributed by atoms with van der Waals surface area (Å²) in [7, 11) is 0. The van der Waals surface area contributed by atoms with Crippen molar-refractivity contribution in [1.82, 2.24) is 10.6 Å². The van der Waals surface area contributed by atoms with E-state index in [4.69, 9.17) is 4.74 Å². The van der Waals surface area contributed by atoms with E-state index in [1.54, 1.807) is 6.92 Å². The molecule has 0 bridgehead atoms. The van der Waals surface area contributed by atoms with Crippen LogP contribution < -0.4 is 10.6 Å². The van der Waals surface area contributed by atoms with Gasteiger partial charge in [0.25, 0.3) is 0 Å². The second-order valence-electron chi connectivity index (χ2n) is 6.30. The molecule has 1 aliphatic carbocycles. The van der Waals surface area contributed by atoms with Gasteiger partial charge in [0.1, 0.15) is 0 Å². The molecule has 3 N–H and O–H groups in total. The zero-order chi connectivity index (χ0) is 16.0. The van der Waals surface area contributed by atoms with Gasteiger partial charge in [-0.1, -0.05) is 20.3 Å². The molecule has 3 atom stereocenters. The molecule has 1 fully saturated rings. The Morgan fingerprint density at radius 1 is 1.43 bits per heavy atom. The second-order valence-corrected chi connectivity index (χ2v) is 6.30. The minimum atomic E-state index is -0.870. The standard InChI is InChI=1S/C15H28N2O4/c1-5-21-9-11(10(2)3)16-14(20)17-12-7-6-8-15(12,4)13(18)19/h10-12H,5-9H2,1-4H3,(H,18,19)(H2,16,17,20). The molecule has 21 heavy (non-hydrogen) atoms. The van der Waals surface area contributed by atoms with Crippen molar-refractivity contribution in [1.29, 1.82) is 0 Å². The maximum absolute atomic E-state index is 12.1. The number of carbonyl (C=O) groups is 2. The van der Waals surface area contributed by atoms with Gasteiger partial charge in [0.15, 0.2) is 0 Å². The second kappa shape index (κ2) is 7.64. The number of hydrogen-bond donors (Lipinski definition) is 3. The molecule has 122 valence electrons. The molecule has 1 rings (SSSR count). The van der Waals surface area contributed by atoms with Crippen LogP contribution in [0.4, 0.5) is 4.79 Å². The SMILES string of the molecule is CCOCC(NC(=O)NC1CCCC1(C)C(=O)O)C(C)C. The monoisotopic (exact) mass is 300 g/mol. The van der Waals surface area contributed by atoms with Gasteiger partial charge in [0.2, 0.25) is 0 Å². The van der Waals surface area contributed by atoms with Crippen molar-refractivity contribution in [3.8, 4) is 0 Å². The highest BCUT2D eigenvalue weighted by atomic mass is 16.5. The highest BCUT2D eigenvalue weighted by molar-refractivity contribution is 5.79. The van der Waals surface area contributed by atoms with Gasteiger partial charge < -0.3 is 20.5 Å². The third kappa shape index (κ3) is 4.59. The molecule has 0 aliphatic heterocycles. The summed E-state index contributed by atoms with van der Waals surface area (Å²) in [5, 5.41) is 15.1. The summed E-state index contributed by atoms with van der Waals surface area (Å²) < 4.78 is 5.37. The number of urea groups is 1. The predicted molar refractivity (Wildman–Crippen MR) is 80.2 cm³/mol. The molecular weight excluding hydrogens is 272 g/mol. The Labute approximate surface area is 126 Å². The highest BCUT2D eigenvalue weighted by Crippen LogP contribution is 2.38. The largest absolute Gasteiger partial charge is 0.481 e. The van der Waals surface area contributed by atoms with Crippen LogP contribution in [0.15, 0.2) is 0 Å². The molecule has 0 heterocycles. The molecule has 0 saturated heterocycles. The van der Waals surface area contributed by atoms with Gasteiger partial charge in [0, 0.05) is 12.6 Å². The highest BCUT2D eigenvalue weighted by Gasteiger charge is 2.46. The maximum Gasteiger partial charge on any atom is 0.315 e. The third-order valence-electron chi connectivity index (χ3n) is 4.37. The molecule has 0 aromatic heterocycles. The first-order valence-electron chi connectivity index (χ1n) is 7.69. The van der Waals surface area contributed by atoms with Crippen LogP contribution in [0, 0.1) is 11.3 Å². The molecule has 1 saturated carbocycles. The van der Waals surface area contributed by atoms with E-state index in [1.807, 2.05) is 20.8 Å². The Balaban J connectivity index is 2.57. The van der Waals surface area contributed by atoms with E-state index in [9.17, 15) is 14.7 Å². The summed E-state index contributed by atoms with van der Waals surface area (Å²) in [5.41, 5.74) is -0.870. The van der Waals surface area contributed by atoms with Gasteiger partial charge in [-0.2, -0.15) is 0 Å². The minimum Gasteiger partial charge on any atom is -0.481 e. The van der Waals surface area contributed by atoms with Gasteiger partial charge in [-0.3, -0.25) is 4.79 Å². The summed E-state index contributed by atoms with van der Waals surface area (Å²) in [4.78, 5) is 23.5. The molecule has 2 amide bonds. The molecule has 0 aromatic rings. The van der Waals surface area contributed by atoms with Crippen LogP contribution in [-0.4, -0.2) is 42.4 Å². The molecular formula is C15H28N2O4. The fraction of sp³-hybridized carbons (Fsp3) is 0.867. The number of carbonyl (C=O) groups excluding carboxylic acids is 1. The lowest BCUT2D eigenvalue weighted by Gasteiger charge is -2.29. The lowest BCUT2D eigenvalue weighted by molar-refractivity contribution is -0.148. The Morgan fingerprint density at radius 3 is 2.62 bits per heavy atom.